The fraction of sp³-hybridized carbons (Fsp3) is 0.667. The molecule has 2 rings (SSSR count). The Morgan fingerprint density at radius 3 is 2.85 bits per heavy atom. The van der Waals surface area contributed by atoms with Crippen molar-refractivity contribution in [3.8, 4) is 0 Å². The standard InChI is InChI=1S/C12H18N4O4/c1-8-10(12(17)18)3-4-14(8)5-6-15-9(2)13-7-11(15)16(19)20/h7-8,10H,3-6H2,1-2H3,(H,17,18). The lowest BCUT2D eigenvalue weighted by molar-refractivity contribution is -0.392. The number of aryl methyl sites for hydroxylation is 1. The highest BCUT2D eigenvalue weighted by atomic mass is 16.6. The third kappa shape index (κ3) is 2.64. The Morgan fingerprint density at radius 2 is 2.30 bits per heavy atom. The zero-order chi connectivity index (χ0) is 14.9. The van der Waals surface area contributed by atoms with Crippen LogP contribution in [0.1, 0.15) is 19.2 Å². The lowest BCUT2D eigenvalue weighted by atomic mass is 10.0. The van der Waals surface area contributed by atoms with Crippen molar-refractivity contribution in [2.24, 2.45) is 5.92 Å². The van der Waals surface area contributed by atoms with Crippen molar-refractivity contribution >= 4 is 11.8 Å². The summed E-state index contributed by atoms with van der Waals surface area (Å²) in [7, 11) is 0. The van der Waals surface area contributed by atoms with Gasteiger partial charge in [-0.3, -0.25) is 9.69 Å². The van der Waals surface area contributed by atoms with Crippen LogP contribution in [0.15, 0.2) is 6.20 Å². The second-order valence-electron chi connectivity index (χ2n) is 5.08. The molecule has 8 nitrogen and oxygen atoms in total. The van der Waals surface area contributed by atoms with E-state index in [-0.39, 0.29) is 17.8 Å². The van der Waals surface area contributed by atoms with Crippen molar-refractivity contribution in [1.29, 1.82) is 0 Å². The number of carbonyl (C=O) groups is 1. The first kappa shape index (κ1) is 14.4. The van der Waals surface area contributed by atoms with E-state index in [1.807, 2.05) is 6.92 Å². The van der Waals surface area contributed by atoms with E-state index in [1.165, 1.54) is 6.20 Å². The molecule has 2 unspecified atom stereocenters. The minimum atomic E-state index is -0.773. The molecule has 0 aromatic carbocycles. The Kier molecular flexibility index (Phi) is 4.03. The summed E-state index contributed by atoms with van der Waals surface area (Å²) in [5, 5.41) is 20.0. The normalized spacial score (nSPS) is 23.1. The molecule has 0 bridgehead atoms. The number of aromatic nitrogens is 2. The van der Waals surface area contributed by atoms with Gasteiger partial charge in [0.05, 0.1) is 5.92 Å². The largest absolute Gasteiger partial charge is 0.481 e. The van der Waals surface area contributed by atoms with Gasteiger partial charge in [0.25, 0.3) is 0 Å². The van der Waals surface area contributed by atoms with E-state index in [1.54, 1.807) is 11.5 Å². The summed E-state index contributed by atoms with van der Waals surface area (Å²) in [6, 6.07) is -0.0459. The molecule has 1 N–H and O–H groups in total. The number of carboxylic acid groups (broad SMARTS) is 1. The van der Waals surface area contributed by atoms with Crippen LogP contribution in [0.4, 0.5) is 5.82 Å². The van der Waals surface area contributed by atoms with Gasteiger partial charge in [0.1, 0.15) is 12.7 Å². The highest BCUT2D eigenvalue weighted by Gasteiger charge is 2.35. The van der Waals surface area contributed by atoms with Crippen LogP contribution >= 0.6 is 0 Å². The lowest BCUT2D eigenvalue weighted by Gasteiger charge is -2.22. The Balaban J connectivity index is 2.02. The van der Waals surface area contributed by atoms with Crippen molar-refractivity contribution in [2.45, 2.75) is 32.9 Å². The molecule has 1 saturated heterocycles. The number of imidazole rings is 1. The fourth-order valence-electron chi connectivity index (χ4n) is 2.76. The molecule has 1 aromatic rings. The quantitative estimate of drug-likeness (QED) is 0.635. The average molecular weight is 282 g/mol. The second-order valence-corrected chi connectivity index (χ2v) is 5.08. The number of aliphatic carboxylic acids is 1. The number of nitro groups is 1. The summed E-state index contributed by atoms with van der Waals surface area (Å²) in [5.41, 5.74) is 0. The summed E-state index contributed by atoms with van der Waals surface area (Å²) < 4.78 is 1.56. The first-order valence-corrected chi connectivity index (χ1v) is 6.55. The summed E-state index contributed by atoms with van der Waals surface area (Å²) in [5.74, 6) is -0.555. The molecule has 0 amide bonds. The molecule has 110 valence electrons. The Bertz CT molecular complexity index is 528. The second kappa shape index (κ2) is 5.58. The van der Waals surface area contributed by atoms with Crippen molar-refractivity contribution in [1.82, 2.24) is 14.5 Å². The van der Waals surface area contributed by atoms with Gasteiger partial charge >= 0.3 is 11.8 Å². The minimum absolute atomic E-state index is 0.0239. The van der Waals surface area contributed by atoms with Gasteiger partial charge in [0, 0.05) is 19.5 Å². The zero-order valence-electron chi connectivity index (χ0n) is 11.5. The molecule has 0 saturated carbocycles. The SMILES string of the molecule is Cc1ncc([N+](=O)[O-])n1CCN1CCC(C(=O)O)C1C. The van der Waals surface area contributed by atoms with Gasteiger partial charge in [-0.2, -0.15) is 0 Å². The Hall–Kier alpha value is -1.96. The molecule has 20 heavy (non-hydrogen) atoms. The van der Waals surface area contributed by atoms with Gasteiger partial charge in [0.15, 0.2) is 5.82 Å². The van der Waals surface area contributed by atoms with Crippen LogP contribution in [0.5, 0.6) is 0 Å². The monoisotopic (exact) mass is 282 g/mol. The van der Waals surface area contributed by atoms with E-state index in [4.69, 9.17) is 5.11 Å². The van der Waals surface area contributed by atoms with Crippen LogP contribution in [0.3, 0.4) is 0 Å². The van der Waals surface area contributed by atoms with E-state index in [9.17, 15) is 14.9 Å². The first-order chi connectivity index (χ1) is 9.41. The molecular weight excluding hydrogens is 264 g/mol. The molecule has 0 radical (unpaired) electrons. The van der Waals surface area contributed by atoms with Crippen molar-refractivity contribution in [2.75, 3.05) is 13.1 Å². The van der Waals surface area contributed by atoms with Gasteiger partial charge < -0.3 is 15.2 Å². The van der Waals surface area contributed by atoms with E-state index in [0.29, 0.717) is 31.9 Å². The molecule has 2 heterocycles. The van der Waals surface area contributed by atoms with Crippen LogP contribution in [0, 0.1) is 23.0 Å². The maximum Gasteiger partial charge on any atom is 0.342 e. The Labute approximate surface area is 116 Å². The number of hydrogen-bond acceptors (Lipinski definition) is 5. The number of nitrogens with zero attached hydrogens (tertiary/aromatic N) is 4. The number of rotatable bonds is 5. The van der Waals surface area contributed by atoms with Crippen LogP contribution in [0.2, 0.25) is 0 Å². The maximum atomic E-state index is 11.1. The predicted molar refractivity (Wildman–Crippen MR) is 70.4 cm³/mol. The molecule has 1 aliphatic rings. The summed E-state index contributed by atoms with van der Waals surface area (Å²) >= 11 is 0. The predicted octanol–water partition coefficient (Wildman–Crippen LogP) is 0.895. The summed E-state index contributed by atoms with van der Waals surface area (Å²) in [6.45, 7) is 5.35. The molecule has 0 spiro atoms. The summed E-state index contributed by atoms with van der Waals surface area (Å²) in [6.07, 6.45) is 1.88. The van der Waals surface area contributed by atoms with E-state index in [0.717, 1.165) is 0 Å². The topological polar surface area (TPSA) is 102 Å². The molecule has 8 heteroatoms. The minimum Gasteiger partial charge on any atom is -0.481 e. The van der Waals surface area contributed by atoms with Gasteiger partial charge in [-0.05, 0) is 24.8 Å². The maximum absolute atomic E-state index is 11.1. The van der Waals surface area contributed by atoms with Gasteiger partial charge in [-0.25, -0.2) is 9.55 Å². The molecule has 1 aromatic heterocycles. The lowest BCUT2D eigenvalue weighted by Crippen LogP contribution is -2.35. The van der Waals surface area contributed by atoms with Crippen molar-refractivity contribution in [3.05, 3.63) is 22.1 Å². The highest BCUT2D eigenvalue weighted by molar-refractivity contribution is 5.71. The molecule has 0 aliphatic carbocycles. The van der Waals surface area contributed by atoms with E-state index < -0.39 is 10.9 Å². The third-order valence-corrected chi connectivity index (χ3v) is 4.03. The van der Waals surface area contributed by atoms with Gasteiger partial charge in [0.2, 0.25) is 0 Å². The van der Waals surface area contributed by atoms with Crippen LogP contribution < -0.4 is 0 Å². The number of carboxylic acids is 1. The van der Waals surface area contributed by atoms with Crippen LogP contribution in [-0.4, -0.2) is 49.6 Å². The number of hydrogen-bond donors (Lipinski definition) is 1. The molecular formula is C12H18N4O4. The average Bonchev–Trinajstić information content (AvgIpc) is 2.90. The zero-order valence-corrected chi connectivity index (χ0v) is 11.5. The highest BCUT2D eigenvalue weighted by Crippen LogP contribution is 2.24. The van der Waals surface area contributed by atoms with Gasteiger partial charge in [-0.1, -0.05) is 0 Å². The van der Waals surface area contributed by atoms with Crippen LogP contribution in [-0.2, 0) is 11.3 Å². The fourth-order valence-corrected chi connectivity index (χ4v) is 2.76. The molecule has 2 atom stereocenters. The van der Waals surface area contributed by atoms with Crippen molar-refractivity contribution < 1.29 is 14.8 Å². The van der Waals surface area contributed by atoms with E-state index >= 15 is 0 Å². The molecule has 1 fully saturated rings. The third-order valence-electron chi connectivity index (χ3n) is 4.03. The first-order valence-electron chi connectivity index (χ1n) is 6.55. The van der Waals surface area contributed by atoms with Crippen molar-refractivity contribution in [3.63, 3.8) is 0 Å². The van der Waals surface area contributed by atoms with E-state index in [2.05, 4.69) is 9.88 Å². The summed E-state index contributed by atoms with van der Waals surface area (Å²) in [4.78, 5) is 27.5. The number of likely N-dealkylation sites (tertiary alicyclic amines) is 1. The van der Waals surface area contributed by atoms with Crippen LogP contribution in [0.25, 0.3) is 0 Å². The smallest absolute Gasteiger partial charge is 0.342 e. The Morgan fingerprint density at radius 1 is 1.60 bits per heavy atom. The molecule has 1 aliphatic heterocycles. The van der Waals surface area contributed by atoms with Gasteiger partial charge in [-0.15, -0.1) is 0 Å².